The summed E-state index contributed by atoms with van der Waals surface area (Å²) in [5.74, 6) is 1.05. The summed E-state index contributed by atoms with van der Waals surface area (Å²) in [6.07, 6.45) is 8.20. The monoisotopic (exact) mass is 302 g/mol. The zero-order valence-corrected chi connectivity index (χ0v) is 13.4. The van der Waals surface area contributed by atoms with Gasteiger partial charge in [0.25, 0.3) is 5.91 Å². The first kappa shape index (κ1) is 15.4. The third-order valence-electron chi connectivity index (χ3n) is 4.75. The van der Waals surface area contributed by atoms with E-state index in [4.69, 9.17) is 0 Å². The van der Waals surface area contributed by atoms with Gasteiger partial charge in [-0.3, -0.25) is 4.79 Å². The Hall–Kier alpha value is -1.49. The first-order valence-electron chi connectivity index (χ1n) is 8.59. The third-order valence-corrected chi connectivity index (χ3v) is 4.75. The normalized spacial score (nSPS) is 23.2. The number of carbonyl (C=O) groups is 1. The van der Waals surface area contributed by atoms with Gasteiger partial charge in [-0.05, 0) is 45.2 Å². The van der Waals surface area contributed by atoms with Crippen LogP contribution in [0.2, 0.25) is 0 Å². The minimum Gasteiger partial charge on any atom is -0.348 e. The molecule has 2 heterocycles. The molecular weight excluding hydrogens is 276 g/mol. The van der Waals surface area contributed by atoms with Gasteiger partial charge in [-0.15, -0.1) is 0 Å². The summed E-state index contributed by atoms with van der Waals surface area (Å²) in [4.78, 5) is 21.4. The number of aromatic nitrogens is 2. The number of amides is 1. The van der Waals surface area contributed by atoms with Gasteiger partial charge in [0.15, 0.2) is 0 Å². The molecule has 2 fully saturated rings. The lowest BCUT2D eigenvalue weighted by molar-refractivity contribution is 0.0922. The molecule has 5 nitrogen and oxygen atoms in total. The molecule has 0 spiro atoms. The highest BCUT2D eigenvalue weighted by molar-refractivity contribution is 5.92. The van der Waals surface area contributed by atoms with Crippen LogP contribution in [-0.2, 0) is 0 Å². The smallest absolute Gasteiger partial charge is 0.270 e. The Bertz CT molecular complexity index is 519. The zero-order valence-electron chi connectivity index (χ0n) is 13.4. The molecule has 1 amide bonds. The largest absolute Gasteiger partial charge is 0.348 e. The van der Waals surface area contributed by atoms with E-state index in [2.05, 4.69) is 20.6 Å². The van der Waals surface area contributed by atoms with Crippen molar-refractivity contribution in [3.8, 4) is 0 Å². The van der Waals surface area contributed by atoms with Crippen molar-refractivity contribution in [3.63, 3.8) is 0 Å². The van der Waals surface area contributed by atoms with Crippen molar-refractivity contribution in [3.05, 3.63) is 23.3 Å². The van der Waals surface area contributed by atoms with Crippen LogP contribution >= 0.6 is 0 Å². The van der Waals surface area contributed by atoms with E-state index in [1.807, 2.05) is 13.0 Å². The van der Waals surface area contributed by atoms with Crippen LogP contribution in [-0.4, -0.2) is 35.0 Å². The van der Waals surface area contributed by atoms with Crippen LogP contribution in [0.4, 0.5) is 0 Å². The summed E-state index contributed by atoms with van der Waals surface area (Å²) in [7, 11) is 0. The SMILES string of the molecule is Cc1nc(C(=O)NC2CCCCC2)cc([C@H]2CCCNC2)n1. The summed E-state index contributed by atoms with van der Waals surface area (Å²) < 4.78 is 0. The summed E-state index contributed by atoms with van der Waals surface area (Å²) >= 11 is 0. The van der Waals surface area contributed by atoms with Gasteiger partial charge in [-0.1, -0.05) is 19.3 Å². The van der Waals surface area contributed by atoms with Crippen molar-refractivity contribution in [2.75, 3.05) is 13.1 Å². The molecule has 1 aliphatic heterocycles. The van der Waals surface area contributed by atoms with E-state index < -0.39 is 0 Å². The molecule has 2 N–H and O–H groups in total. The average Bonchev–Trinajstić information content (AvgIpc) is 2.56. The van der Waals surface area contributed by atoms with Crippen LogP contribution in [0.1, 0.15) is 72.9 Å². The molecule has 22 heavy (non-hydrogen) atoms. The number of nitrogens with zero attached hydrogens (tertiary/aromatic N) is 2. The van der Waals surface area contributed by atoms with E-state index >= 15 is 0 Å². The number of piperidine rings is 1. The number of nitrogens with one attached hydrogen (secondary N) is 2. The number of carbonyl (C=O) groups excluding carboxylic acids is 1. The maximum Gasteiger partial charge on any atom is 0.270 e. The van der Waals surface area contributed by atoms with Crippen molar-refractivity contribution in [2.24, 2.45) is 0 Å². The molecule has 5 heteroatoms. The first-order valence-corrected chi connectivity index (χ1v) is 8.59. The minimum atomic E-state index is -0.0394. The van der Waals surface area contributed by atoms with E-state index in [1.54, 1.807) is 0 Å². The molecule has 120 valence electrons. The van der Waals surface area contributed by atoms with Gasteiger partial charge < -0.3 is 10.6 Å². The molecule has 1 aliphatic carbocycles. The van der Waals surface area contributed by atoms with Crippen LogP contribution < -0.4 is 10.6 Å². The predicted molar refractivity (Wildman–Crippen MR) is 86.0 cm³/mol. The third kappa shape index (κ3) is 3.83. The van der Waals surface area contributed by atoms with Crippen molar-refractivity contribution < 1.29 is 4.79 Å². The zero-order chi connectivity index (χ0) is 15.4. The molecule has 1 saturated heterocycles. The molecule has 0 aromatic carbocycles. The second kappa shape index (κ2) is 7.18. The van der Waals surface area contributed by atoms with Gasteiger partial charge in [-0.2, -0.15) is 0 Å². The second-order valence-corrected chi connectivity index (χ2v) is 6.58. The Labute approximate surface area is 132 Å². The second-order valence-electron chi connectivity index (χ2n) is 6.58. The van der Waals surface area contributed by atoms with Crippen LogP contribution in [0.3, 0.4) is 0 Å². The van der Waals surface area contributed by atoms with E-state index in [-0.39, 0.29) is 5.91 Å². The molecule has 0 radical (unpaired) electrons. The molecular formula is C17H26N4O. The number of hydrogen-bond acceptors (Lipinski definition) is 4. The van der Waals surface area contributed by atoms with E-state index in [0.717, 1.165) is 44.5 Å². The molecule has 3 rings (SSSR count). The van der Waals surface area contributed by atoms with E-state index in [0.29, 0.717) is 23.5 Å². The van der Waals surface area contributed by atoms with Crippen molar-refractivity contribution in [1.82, 2.24) is 20.6 Å². The van der Waals surface area contributed by atoms with E-state index in [9.17, 15) is 4.79 Å². The average molecular weight is 302 g/mol. The molecule has 1 aromatic rings. The summed E-state index contributed by atoms with van der Waals surface area (Å²) in [5, 5.41) is 6.55. The van der Waals surface area contributed by atoms with Crippen LogP contribution in [0.15, 0.2) is 6.07 Å². The maximum atomic E-state index is 12.5. The lowest BCUT2D eigenvalue weighted by Gasteiger charge is -2.24. The fourth-order valence-electron chi connectivity index (χ4n) is 3.53. The quantitative estimate of drug-likeness (QED) is 0.899. The highest BCUT2D eigenvalue weighted by atomic mass is 16.1. The molecule has 1 atom stereocenters. The Kier molecular flexibility index (Phi) is 5.03. The Morgan fingerprint density at radius 2 is 2.00 bits per heavy atom. The fourth-order valence-corrected chi connectivity index (χ4v) is 3.53. The number of hydrogen-bond donors (Lipinski definition) is 2. The van der Waals surface area contributed by atoms with Gasteiger partial charge in [0, 0.05) is 24.2 Å². The minimum absolute atomic E-state index is 0.0394. The van der Waals surface area contributed by atoms with Gasteiger partial charge in [0.05, 0.1) is 0 Å². The highest BCUT2D eigenvalue weighted by Crippen LogP contribution is 2.22. The Balaban J connectivity index is 1.71. The van der Waals surface area contributed by atoms with E-state index in [1.165, 1.54) is 19.3 Å². The fraction of sp³-hybridized carbons (Fsp3) is 0.706. The number of rotatable bonds is 3. The highest BCUT2D eigenvalue weighted by Gasteiger charge is 2.21. The number of aryl methyl sites for hydroxylation is 1. The van der Waals surface area contributed by atoms with Crippen molar-refractivity contribution >= 4 is 5.91 Å². The molecule has 1 saturated carbocycles. The predicted octanol–water partition coefficient (Wildman–Crippen LogP) is 2.31. The molecule has 2 aliphatic rings. The van der Waals surface area contributed by atoms with Crippen LogP contribution in [0, 0.1) is 6.92 Å². The lowest BCUT2D eigenvalue weighted by Crippen LogP contribution is -2.37. The van der Waals surface area contributed by atoms with Gasteiger partial charge >= 0.3 is 0 Å². The van der Waals surface area contributed by atoms with Gasteiger partial charge in [0.2, 0.25) is 0 Å². The van der Waals surface area contributed by atoms with Crippen molar-refractivity contribution in [2.45, 2.75) is 63.8 Å². The molecule has 0 unspecified atom stereocenters. The Morgan fingerprint density at radius 3 is 2.73 bits per heavy atom. The van der Waals surface area contributed by atoms with Crippen LogP contribution in [0.25, 0.3) is 0 Å². The Morgan fingerprint density at radius 1 is 1.18 bits per heavy atom. The maximum absolute atomic E-state index is 12.5. The first-order chi connectivity index (χ1) is 10.7. The summed E-state index contributed by atoms with van der Waals surface area (Å²) in [6.45, 7) is 3.90. The van der Waals surface area contributed by atoms with Gasteiger partial charge in [-0.25, -0.2) is 9.97 Å². The van der Waals surface area contributed by atoms with Gasteiger partial charge in [0.1, 0.15) is 11.5 Å². The molecule has 1 aromatic heterocycles. The summed E-state index contributed by atoms with van der Waals surface area (Å²) in [6, 6.07) is 2.21. The molecule has 0 bridgehead atoms. The topological polar surface area (TPSA) is 66.9 Å². The van der Waals surface area contributed by atoms with Crippen LogP contribution in [0.5, 0.6) is 0 Å². The van der Waals surface area contributed by atoms with Crippen molar-refractivity contribution in [1.29, 1.82) is 0 Å². The summed E-state index contributed by atoms with van der Waals surface area (Å²) in [5.41, 5.74) is 1.53. The lowest BCUT2D eigenvalue weighted by atomic mass is 9.94. The standard InChI is InChI=1S/C17H26N4O/c1-12-19-15(13-6-5-9-18-11-13)10-16(20-12)17(22)21-14-7-3-2-4-8-14/h10,13-14,18H,2-9,11H2,1H3,(H,21,22)/t13-/m0/s1.